The molecule has 1 aliphatic heterocycles. The van der Waals surface area contributed by atoms with Gasteiger partial charge in [0.15, 0.2) is 15.0 Å². The van der Waals surface area contributed by atoms with E-state index in [1.807, 2.05) is 0 Å². The molecule has 3 aromatic heterocycles. The predicted molar refractivity (Wildman–Crippen MR) is 148 cm³/mol. The van der Waals surface area contributed by atoms with Gasteiger partial charge in [0, 0.05) is 44.8 Å². The Balaban J connectivity index is 1.76. The second-order valence-corrected chi connectivity index (χ2v) is 13.7. The van der Waals surface area contributed by atoms with Crippen LogP contribution in [-0.4, -0.2) is 68.1 Å². The lowest BCUT2D eigenvalue weighted by molar-refractivity contribution is -0.118. The number of carbonyl (C=O) groups excluding carboxylic acids is 1. The van der Waals surface area contributed by atoms with Crippen molar-refractivity contribution in [2.75, 3.05) is 39.4 Å². The number of aromatic amines is 1. The molecule has 1 saturated heterocycles. The Morgan fingerprint density at radius 1 is 1.23 bits per heavy atom. The summed E-state index contributed by atoms with van der Waals surface area (Å²) in [7, 11) is -1.01. The zero-order valence-electron chi connectivity index (χ0n) is 22.5. The molecule has 11 nitrogen and oxygen atoms in total. The molecule has 0 aliphatic carbocycles. The van der Waals surface area contributed by atoms with Crippen molar-refractivity contribution in [3.05, 3.63) is 40.3 Å². The molecule has 1 atom stereocenters. The monoisotopic (exact) mass is 578 g/mol. The van der Waals surface area contributed by atoms with Crippen molar-refractivity contribution >= 4 is 42.6 Å². The van der Waals surface area contributed by atoms with Crippen molar-refractivity contribution in [2.45, 2.75) is 55.1 Å². The van der Waals surface area contributed by atoms with Crippen LogP contribution in [0.3, 0.4) is 0 Å². The van der Waals surface area contributed by atoms with E-state index in [0.717, 1.165) is 0 Å². The van der Waals surface area contributed by atoms with E-state index in [-0.39, 0.29) is 29.4 Å². The first-order valence-corrected chi connectivity index (χ1v) is 15.0. The highest BCUT2D eigenvalue weighted by molar-refractivity contribution is 7.92. The van der Waals surface area contributed by atoms with E-state index < -0.39 is 32.0 Å². The van der Waals surface area contributed by atoms with Crippen LogP contribution in [0.1, 0.15) is 51.0 Å². The van der Waals surface area contributed by atoms with E-state index in [4.69, 9.17) is 14.2 Å². The van der Waals surface area contributed by atoms with Crippen LogP contribution in [0.15, 0.2) is 34.1 Å². The van der Waals surface area contributed by atoms with Gasteiger partial charge in [-0.05, 0) is 57.6 Å². The lowest BCUT2D eigenvalue weighted by atomic mass is 9.85. The summed E-state index contributed by atoms with van der Waals surface area (Å²) in [5.41, 5.74) is -0.0905. The number of hydrogen-bond acceptors (Lipinski definition) is 10. The fraction of sp³-hybridized carbons (Fsp3) is 0.538. The molecular weight excluding hydrogens is 544 g/mol. The average molecular weight is 579 g/mol. The summed E-state index contributed by atoms with van der Waals surface area (Å²) in [6.45, 7) is 4.52. The highest BCUT2D eigenvalue weighted by Gasteiger charge is 2.41. The standard InChI is InChI=1S/C26H34N4O7S2/c1-26(2,10-14-35-3)39(33,34)19-7-11-27-23(32)21(19)17(15-16-8-12-37-13-9-16)22(31)30-25-28-18-5-6-20(36-4)29-24(18)38-25/h5-7,11,16-17H,8-10,12-15H2,1-4H3,(H,27,32)(H,28,30,31)/t17-/m1/s1. The van der Waals surface area contributed by atoms with Gasteiger partial charge in [0.25, 0.3) is 5.56 Å². The van der Waals surface area contributed by atoms with Crippen LogP contribution < -0.4 is 15.6 Å². The molecule has 0 radical (unpaired) electrons. The fourth-order valence-corrected chi connectivity index (χ4v) is 7.20. The van der Waals surface area contributed by atoms with Gasteiger partial charge in [-0.2, -0.15) is 0 Å². The molecule has 1 aliphatic rings. The van der Waals surface area contributed by atoms with Gasteiger partial charge < -0.3 is 24.5 Å². The Kier molecular flexibility index (Phi) is 9.04. The summed E-state index contributed by atoms with van der Waals surface area (Å²) < 4.78 is 42.3. The van der Waals surface area contributed by atoms with Crippen LogP contribution in [0.5, 0.6) is 5.88 Å². The van der Waals surface area contributed by atoms with Crippen molar-refractivity contribution in [2.24, 2.45) is 5.92 Å². The van der Waals surface area contributed by atoms with Gasteiger partial charge in [-0.15, -0.1) is 0 Å². The molecule has 2 N–H and O–H groups in total. The van der Waals surface area contributed by atoms with Crippen molar-refractivity contribution in [3.63, 3.8) is 0 Å². The maximum absolute atomic E-state index is 13.9. The van der Waals surface area contributed by atoms with Crippen LogP contribution in [0.25, 0.3) is 10.3 Å². The molecule has 4 heterocycles. The summed E-state index contributed by atoms with van der Waals surface area (Å²) in [5, 5.41) is 3.12. The highest BCUT2D eigenvalue weighted by atomic mass is 32.2. The van der Waals surface area contributed by atoms with Gasteiger partial charge in [0.2, 0.25) is 11.8 Å². The Bertz CT molecular complexity index is 1480. The molecule has 0 spiro atoms. The largest absolute Gasteiger partial charge is 0.481 e. The molecule has 0 saturated carbocycles. The topological polar surface area (TPSA) is 150 Å². The number of aromatic nitrogens is 3. The van der Waals surface area contributed by atoms with Crippen LogP contribution in [0.2, 0.25) is 0 Å². The second kappa shape index (κ2) is 12.1. The Labute approximate surface area is 231 Å². The average Bonchev–Trinajstić information content (AvgIpc) is 3.32. The number of H-pyrrole nitrogens is 1. The number of nitrogens with zero attached hydrogens (tertiary/aromatic N) is 2. The maximum atomic E-state index is 13.9. The van der Waals surface area contributed by atoms with Crippen molar-refractivity contribution < 1.29 is 27.4 Å². The molecule has 4 rings (SSSR count). The number of carbonyl (C=O) groups is 1. The van der Waals surface area contributed by atoms with E-state index in [0.29, 0.717) is 53.8 Å². The van der Waals surface area contributed by atoms with Gasteiger partial charge in [-0.3, -0.25) is 9.59 Å². The van der Waals surface area contributed by atoms with Crippen LogP contribution >= 0.6 is 11.3 Å². The number of methoxy groups -OCH3 is 2. The van der Waals surface area contributed by atoms with Gasteiger partial charge in [0.05, 0.1) is 22.7 Å². The molecule has 1 fully saturated rings. The van der Waals surface area contributed by atoms with E-state index in [1.165, 1.54) is 37.8 Å². The fourth-order valence-electron chi connectivity index (χ4n) is 4.65. The molecule has 1 amide bonds. The molecule has 39 heavy (non-hydrogen) atoms. The number of thiazole rings is 1. The number of sulfone groups is 1. The molecular formula is C26H34N4O7S2. The summed E-state index contributed by atoms with van der Waals surface area (Å²) in [6, 6.07) is 4.79. The van der Waals surface area contributed by atoms with E-state index >= 15 is 0 Å². The SMILES string of the molecule is COCCC(C)(C)S(=O)(=O)c1cc[nH]c(=O)c1[C@@H](CC1CCOCC1)C(=O)Nc1nc2ccc(OC)nc2s1. The van der Waals surface area contributed by atoms with Gasteiger partial charge in [-0.25, -0.2) is 18.4 Å². The summed E-state index contributed by atoms with van der Waals surface area (Å²) >= 11 is 1.17. The van der Waals surface area contributed by atoms with Crippen molar-refractivity contribution in [1.82, 2.24) is 15.0 Å². The van der Waals surface area contributed by atoms with E-state index in [2.05, 4.69) is 20.3 Å². The Morgan fingerprint density at radius 2 is 1.97 bits per heavy atom. The number of pyridine rings is 2. The van der Waals surface area contributed by atoms with Gasteiger partial charge >= 0.3 is 0 Å². The normalized spacial score (nSPS) is 15.8. The maximum Gasteiger partial charge on any atom is 0.253 e. The zero-order chi connectivity index (χ0) is 28.2. The number of fused-ring (bicyclic) bond motifs is 1. The molecule has 3 aromatic rings. The molecule has 0 bridgehead atoms. The number of anilines is 1. The summed E-state index contributed by atoms with van der Waals surface area (Å²) in [6.07, 6.45) is 3.24. The number of ether oxygens (including phenoxy) is 3. The van der Waals surface area contributed by atoms with Crippen molar-refractivity contribution in [1.29, 1.82) is 0 Å². The first kappa shape index (κ1) is 29.1. The first-order valence-electron chi connectivity index (χ1n) is 12.7. The van der Waals surface area contributed by atoms with E-state index in [9.17, 15) is 18.0 Å². The first-order chi connectivity index (χ1) is 18.6. The lowest BCUT2D eigenvalue weighted by Crippen LogP contribution is -2.37. The molecule has 212 valence electrons. The minimum Gasteiger partial charge on any atom is -0.481 e. The number of amides is 1. The molecule has 0 unspecified atom stereocenters. The van der Waals surface area contributed by atoms with Gasteiger partial charge in [-0.1, -0.05) is 11.3 Å². The smallest absolute Gasteiger partial charge is 0.253 e. The quantitative estimate of drug-likeness (QED) is 0.348. The van der Waals surface area contributed by atoms with Gasteiger partial charge in [0.1, 0.15) is 10.3 Å². The third-order valence-electron chi connectivity index (χ3n) is 7.13. The predicted octanol–water partition coefficient (Wildman–Crippen LogP) is 3.52. The van der Waals surface area contributed by atoms with Crippen LogP contribution in [0.4, 0.5) is 5.13 Å². The van der Waals surface area contributed by atoms with Crippen molar-refractivity contribution in [3.8, 4) is 5.88 Å². The zero-order valence-corrected chi connectivity index (χ0v) is 24.1. The highest BCUT2D eigenvalue weighted by Crippen LogP contribution is 2.37. The van der Waals surface area contributed by atoms with Crippen LogP contribution in [0, 0.1) is 5.92 Å². The summed E-state index contributed by atoms with van der Waals surface area (Å²) in [4.78, 5) is 39.0. The third kappa shape index (κ3) is 6.32. The lowest BCUT2D eigenvalue weighted by Gasteiger charge is -2.29. The third-order valence-corrected chi connectivity index (χ3v) is 10.6. The molecule has 0 aromatic carbocycles. The molecule has 13 heteroatoms. The van der Waals surface area contributed by atoms with E-state index in [1.54, 1.807) is 26.0 Å². The van der Waals surface area contributed by atoms with Crippen LogP contribution in [-0.2, 0) is 24.1 Å². The number of nitrogens with one attached hydrogen (secondary N) is 2. The Hall–Kier alpha value is -2.87. The Morgan fingerprint density at radius 3 is 2.67 bits per heavy atom. The minimum absolute atomic E-state index is 0.0621. The number of rotatable bonds is 11. The minimum atomic E-state index is -4.03. The second-order valence-electron chi connectivity index (χ2n) is 10.1. The number of hydrogen-bond donors (Lipinski definition) is 2. The summed E-state index contributed by atoms with van der Waals surface area (Å²) in [5.74, 6) is -1.04.